The summed E-state index contributed by atoms with van der Waals surface area (Å²) < 4.78 is 0. The van der Waals surface area contributed by atoms with Crippen LogP contribution in [-0.2, 0) is 4.79 Å². The zero-order valence-electron chi connectivity index (χ0n) is 15.5. The zero-order chi connectivity index (χ0) is 19.0. The molecule has 1 aliphatic carbocycles. The number of nitrogens with one attached hydrogen (secondary N) is 4. The van der Waals surface area contributed by atoms with Crippen molar-refractivity contribution in [3.8, 4) is 0 Å². The predicted molar refractivity (Wildman–Crippen MR) is 101 cm³/mol. The molecule has 0 aliphatic heterocycles. The van der Waals surface area contributed by atoms with Crippen molar-refractivity contribution in [3.63, 3.8) is 0 Å². The van der Waals surface area contributed by atoms with Crippen molar-refractivity contribution in [3.05, 3.63) is 29.8 Å². The minimum atomic E-state index is -0.850. The minimum absolute atomic E-state index is 0.136. The van der Waals surface area contributed by atoms with E-state index in [1.165, 1.54) is 0 Å². The molecule has 0 atom stereocenters. The molecule has 26 heavy (non-hydrogen) atoms. The van der Waals surface area contributed by atoms with Crippen molar-refractivity contribution in [1.29, 1.82) is 0 Å². The van der Waals surface area contributed by atoms with Crippen molar-refractivity contribution < 1.29 is 14.4 Å². The van der Waals surface area contributed by atoms with E-state index in [0.29, 0.717) is 30.6 Å². The van der Waals surface area contributed by atoms with E-state index >= 15 is 0 Å². The predicted octanol–water partition coefficient (Wildman–Crippen LogP) is 2.40. The van der Waals surface area contributed by atoms with E-state index in [1.807, 2.05) is 6.92 Å². The van der Waals surface area contributed by atoms with Crippen molar-refractivity contribution >= 4 is 23.5 Å². The number of hydrogen-bond donors (Lipinski definition) is 4. The second-order valence-electron chi connectivity index (χ2n) is 6.63. The lowest BCUT2D eigenvalue weighted by Crippen LogP contribution is -2.60. The summed E-state index contributed by atoms with van der Waals surface area (Å²) in [6, 6.07) is 6.26. The summed E-state index contributed by atoms with van der Waals surface area (Å²) in [7, 11) is 1.58. The third-order valence-electron chi connectivity index (χ3n) is 4.66. The van der Waals surface area contributed by atoms with Crippen LogP contribution in [0.3, 0.4) is 0 Å². The minimum Gasteiger partial charge on any atom is -0.357 e. The maximum Gasteiger partial charge on any atom is 0.320 e. The summed E-state index contributed by atoms with van der Waals surface area (Å²) >= 11 is 0. The molecule has 7 nitrogen and oxygen atoms in total. The van der Waals surface area contributed by atoms with E-state index in [-0.39, 0.29) is 11.8 Å². The fourth-order valence-corrected chi connectivity index (χ4v) is 3.23. The molecule has 0 heterocycles. The molecule has 7 heteroatoms. The van der Waals surface area contributed by atoms with Crippen LogP contribution >= 0.6 is 0 Å². The molecule has 1 aliphatic rings. The Morgan fingerprint density at radius 2 is 1.69 bits per heavy atom. The maximum absolute atomic E-state index is 12.4. The topological polar surface area (TPSA) is 99.3 Å². The first-order valence-electron chi connectivity index (χ1n) is 9.20. The first-order chi connectivity index (χ1) is 12.5. The van der Waals surface area contributed by atoms with Crippen molar-refractivity contribution in [1.82, 2.24) is 16.0 Å². The Morgan fingerprint density at radius 3 is 2.27 bits per heavy atom. The molecule has 1 fully saturated rings. The van der Waals surface area contributed by atoms with Crippen molar-refractivity contribution in [2.45, 2.75) is 51.0 Å². The summed E-state index contributed by atoms with van der Waals surface area (Å²) in [5, 5.41) is 11.1. The number of anilines is 1. The molecule has 0 bridgehead atoms. The van der Waals surface area contributed by atoms with Crippen LogP contribution < -0.4 is 21.3 Å². The van der Waals surface area contributed by atoms with Gasteiger partial charge in [0.2, 0.25) is 5.91 Å². The first kappa shape index (κ1) is 19.8. The molecule has 0 saturated heterocycles. The molecular weight excluding hydrogens is 332 g/mol. The molecular formula is C19H28N4O3. The number of amides is 4. The standard InChI is InChI=1S/C19H28N4O3/c1-3-13-21-16(24)14-7-9-15(10-8-14)22-18(26)23-19(17(25)20-2)11-5-4-6-12-19/h7-10H,3-6,11-13H2,1-2H3,(H,20,25)(H,21,24)(H2,22,23,26). The van der Waals surface area contributed by atoms with Crippen LogP contribution in [0.25, 0.3) is 0 Å². The Bertz CT molecular complexity index is 637. The molecule has 4 N–H and O–H groups in total. The highest BCUT2D eigenvalue weighted by atomic mass is 16.2. The van der Waals surface area contributed by atoms with Gasteiger partial charge in [0.15, 0.2) is 0 Å². The van der Waals surface area contributed by atoms with Gasteiger partial charge in [-0.15, -0.1) is 0 Å². The number of rotatable bonds is 6. The lowest BCUT2D eigenvalue weighted by Gasteiger charge is -2.36. The van der Waals surface area contributed by atoms with Gasteiger partial charge in [-0.3, -0.25) is 9.59 Å². The average molecular weight is 360 g/mol. The summed E-state index contributed by atoms with van der Waals surface area (Å²) in [6.45, 7) is 2.62. The molecule has 0 unspecified atom stereocenters. The van der Waals surface area contributed by atoms with E-state index in [2.05, 4.69) is 21.3 Å². The van der Waals surface area contributed by atoms with Gasteiger partial charge in [0.05, 0.1) is 0 Å². The summed E-state index contributed by atoms with van der Waals surface area (Å²) in [6.07, 6.45) is 5.04. The number of urea groups is 1. The Balaban J connectivity index is 1.98. The Kier molecular flexibility index (Phi) is 7.00. The highest BCUT2D eigenvalue weighted by molar-refractivity contribution is 5.97. The second-order valence-corrected chi connectivity index (χ2v) is 6.63. The quantitative estimate of drug-likeness (QED) is 0.627. The van der Waals surface area contributed by atoms with Crippen LogP contribution in [0.15, 0.2) is 24.3 Å². The molecule has 2 rings (SSSR count). The van der Waals surface area contributed by atoms with Crippen LogP contribution in [0, 0.1) is 0 Å². The Hall–Kier alpha value is -2.57. The second kappa shape index (κ2) is 9.22. The third-order valence-corrected chi connectivity index (χ3v) is 4.66. The highest BCUT2D eigenvalue weighted by Crippen LogP contribution is 2.28. The highest BCUT2D eigenvalue weighted by Gasteiger charge is 2.40. The fourth-order valence-electron chi connectivity index (χ4n) is 3.23. The molecule has 0 aromatic heterocycles. The molecule has 1 saturated carbocycles. The average Bonchev–Trinajstić information content (AvgIpc) is 2.66. The van der Waals surface area contributed by atoms with Gasteiger partial charge in [-0.05, 0) is 43.5 Å². The number of carbonyl (C=O) groups excluding carboxylic acids is 3. The summed E-state index contributed by atoms with van der Waals surface area (Å²) in [4.78, 5) is 36.6. The largest absolute Gasteiger partial charge is 0.357 e. The summed E-state index contributed by atoms with van der Waals surface area (Å²) in [5.74, 6) is -0.293. The van der Waals surface area contributed by atoms with Gasteiger partial charge >= 0.3 is 6.03 Å². The van der Waals surface area contributed by atoms with Crippen molar-refractivity contribution in [2.24, 2.45) is 0 Å². The molecule has 142 valence electrons. The smallest absolute Gasteiger partial charge is 0.320 e. The number of hydrogen-bond acceptors (Lipinski definition) is 3. The van der Waals surface area contributed by atoms with E-state index in [4.69, 9.17) is 0 Å². The van der Waals surface area contributed by atoms with Crippen LogP contribution in [0.2, 0.25) is 0 Å². The van der Waals surface area contributed by atoms with Gasteiger partial charge < -0.3 is 21.3 Å². The normalized spacial score (nSPS) is 15.6. The molecule has 0 radical (unpaired) electrons. The Labute approximate surface area is 154 Å². The fraction of sp³-hybridized carbons (Fsp3) is 0.526. The van der Waals surface area contributed by atoms with Gasteiger partial charge in [0, 0.05) is 24.8 Å². The molecule has 1 aromatic rings. The molecule has 0 spiro atoms. The van der Waals surface area contributed by atoms with Gasteiger partial charge in [-0.1, -0.05) is 26.2 Å². The van der Waals surface area contributed by atoms with Crippen LogP contribution in [0.4, 0.5) is 10.5 Å². The zero-order valence-corrected chi connectivity index (χ0v) is 15.5. The van der Waals surface area contributed by atoms with E-state index in [9.17, 15) is 14.4 Å². The van der Waals surface area contributed by atoms with Crippen LogP contribution in [0.1, 0.15) is 55.8 Å². The summed E-state index contributed by atoms with van der Waals surface area (Å²) in [5.41, 5.74) is 0.257. The van der Waals surface area contributed by atoms with Gasteiger partial charge in [-0.25, -0.2) is 4.79 Å². The van der Waals surface area contributed by atoms with Gasteiger partial charge in [-0.2, -0.15) is 0 Å². The van der Waals surface area contributed by atoms with E-state index < -0.39 is 11.6 Å². The van der Waals surface area contributed by atoms with Gasteiger partial charge in [0.25, 0.3) is 5.91 Å². The number of carbonyl (C=O) groups is 3. The SMILES string of the molecule is CCCNC(=O)c1ccc(NC(=O)NC2(C(=O)NC)CCCCC2)cc1. The number of likely N-dealkylation sites (N-methyl/N-ethyl adjacent to an activating group) is 1. The van der Waals surface area contributed by atoms with Gasteiger partial charge in [0.1, 0.15) is 5.54 Å². The molecule has 1 aromatic carbocycles. The van der Waals surface area contributed by atoms with E-state index in [0.717, 1.165) is 25.7 Å². The van der Waals surface area contributed by atoms with E-state index in [1.54, 1.807) is 31.3 Å². The monoisotopic (exact) mass is 360 g/mol. The van der Waals surface area contributed by atoms with Crippen molar-refractivity contribution in [2.75, 3.05) is 18.9 Å². The molecule has 4 amide bonds. The lowest BCUT2D eigenvalue weighted by molar-refractivity contribution is -0.128. The van der Waals surface area contributed by atoms with Crippen LogP contribution in [-0.4, -0.2) is 37.0 Å². The Morgan fingerprint density at radius 1 is 1.04 bits per heavy atom. The maximum atomic E-state index is 12.4. The third kappa shape index (κ3) is 4.97. The van der Waals surface area contributed by atoms with Crippen LogP contribution in [0.5, 0.6) is 0 Å². The number of benzene rings is 1. The lowest BCUT2D eigenvalue weighted by atomic mass is 9.81. The first-order valence-corrected chi connectivity index (χ1v) is 9.20.